The topological polar surface area (TPSA) is 90.0 Å². The van der Waals surface area contributed by atoms with Crippen LogP contribution >= 0.6 is 0 Å². The first kappa shape index (κ1) is 15.3. The predicted octanol–water partition coefficient (Wildman–Crippen LogP) is 1.56. The van der Waals surface area contributed by atoms with Crippen LogP contribution in [0, 0.1) is 5.92 Å². The lowest BCUT2D eigenvalue weighted by Crippen LogP contribution is -2.36. The van der Waals surface area contributed by atoms with E-state index in [4.69, 9.17) is 5.73 Å². The fraction of sp³-hybridized carbons (Fsp3) is 0.353. The van der Waals surface area contributed by atoms with Gasteiger partial charge in [0.05, 0.1) is 5.56 Å². The van der Waals surface area contributed by atoms with Gasteiger partial charge in [-0.25, -0.2) is 0 Å². The Bertz CT molecular complexity index is 719. The molecule has 23 heavy (non-hydrogen) atoms. The highest BCUT2D eigenvalue weighted by Crippen LogP contribution is 2.32. The van der Waals surface area contributed by atoms with Crippen molar-refractivity contribution in [3.8, 4) is 11.3 Å². The number of rotatable bonds is 6. The van der Waals surface area contributed by atoms with Gasteiger partial charge in [0.25, 0.3) is 5.91 Å². The first-order valence-corrected chi connectivity index (χ1v) is 7.76. The van der Waals surface area contributed by atoms with Gasteiger partial charge in [-0.2, -0.15) is 5.10 Å². The van der Waals surface area contributed by atoms with Gasteiger partial charge in [-0.3, -0.25) is 14.3 Å². The second-order valence-corrected chi connectivity index (χ2v) is 6.01. The third kappa shape index (κ3) is 3.59. The van der Waals surface area contributed by atoms with E-state index in [1.807, 2.05) is 37.3 Å². The molecule has 3 rings (SSSR count). The quantitative estimate of drug-likeness (QED) is 0.848. The van der Waals surface area contributed by atoms with Crippen molar-refractivity contribution in [2.75, 3.05) is 0 Å². The molecule has 1 saturated carbocycles. The summed E-state index contributed by atoms with van der Waals surface area (Å²) in [5, 5.41) is 7.34. The molecule has 1 heterocycles. The number of hydrogen-bond acceptors (Lipinski definition) is 3. The lowest BCUT2D eigenvalue weighted by atomic mass is 10.1. The second-order valence-electron chi connectivity index (χ2n) is 6.01. The van der Waals surface area contributed by atoms with E-state index in [2.05, 4.69) is 10.4 Å². The van der Waals surface area contributed by atoms with Gasteiger partial charge < -0.3 is 11.1 Å². The zero-order valence-corrected chi connectivity index (χ0v) is 13.0. The van der Waals surface area contributed by atoms with Crippen LogP contribution in [-0.4, -0.2) is 27.6 Å². The fourth-order valence-electron chi connectivity index (χ4n) is 2.65. The molecule has 6 nitrogen and oxygen atoms in total. The minimum atomic E-state index is -0.554. The van der Waals surface area contributed by atoms with Crippen molar-refractivity contribution in [3.63, 3.8) is 0 Å². The zero-order valence-electron chi connectivity index (χ0n) is 13.0. The van der Waals surface area contributed by atoms with Crippen LogP contribution < -0.4 is 11.1 Å². The van der Waals surface area contributed by atoms with Gasteiger partial charge >= 0.3 is 0 Å². The number of hydrogen-bond donors (Lipinski definition) is 2. The molecular formula is C17H20N4O2. The zero-order chi connectivity index (χ0) is 16.4. The number of carbonyl (C=O) groups is 2. The van der Waals surface area contributed by atoms with Crippen LogP contribution in [0.5, 0.6) is 0 Å². The Morgan fingerprint density at radius 2 is 2.04 bits per heavy atom. The van der Waals surface area contributed by atoms with E-state index in [0.717, 1.165) is 5.56 Å². The van der Waals surface area contributed by atoms with Gasteiger partial charge in [0.2, 0.25) is 5.91 Å². The van der Waals surface area contributed by atoms with Crippen LogP contribution in [0.25, 0.3) is 11.3 Å². The number of benzene rings is 1. The van der Waals surface area contributed by atoms with Crippen molar-refractivity contribution in [2.45, 2.75) is 32.4 Å². The Morgan fingerprint density at radius 1 is 1.35 bits per heavy atom. The molecule has 0 bridgehead atoms. The number of amides is 2. The average Bonchev–Trinajstić information content (AvgIpc) is 3.29. The molecule has 0 aliphatic heterocycles. The van der Waals surface area contributed by atoms with Gasteiger partial charge in [-0.15, -0.1) is 0 Å². The number of nitrogens with zero attached hydrogens (tertiary/aromatic N) is 2. The average molecular weight is 312 g/mol. The summed E-state index contributed by atoms with van der Waals surface area (Å²) in [6.45, 7) is 2.09. The smallest absolute Gasteiger partial charge is 0.252 e. The molecule has 1 aromatic carbocycles. The number of aromatic nitrogens is 2. The molecule has 1 atom stereocenters. The summed E-state index contributed by atoms with van der Waals surface area (Å²) in [5.74, 6) is -0.0676. The molecule has 120 valence electrons. The predicted molar refractivity (Wildman–Crippen MR) is 86.5 cm³/mol. The lowest BCUT2D eigenvalue weighted by Gasteiger charge is -2.12. The summed E-state index contributed by atoms with van der Waals surface area (Å²) in [6, 6.07) is 9.51. The van der Waals surface area contributed by atoms with Gasteiger partial charge in [-0.1, -0.05) is 30.3 Å². The van der Waals surface area contributed by atoms with Crippen molar-refractivity contribution in [1.82, 2.24) is 15.1 Å². The molecule has 3 N–H and O–H groups in total. The van der Waals surface area contributed by atoms with E-state index < -0.39 is 5.91 Å². The first-order valence-electron chi connectivity index (χ1n) is 7.76. The Hall–Kier alpha value is -2.63. The maximum Gasteiger partial charge on any atom is 0.252 e. The normalized spacial score (nSPS) is 15.2. The molecule has 1 unspecified atom stereocenters. The molecule has 1 aliphatic carbocycles. The van der Waals surface area contributed by atoms with Crippen molar-refractivity contribution in [2.24, 2.45) is 11.7 Å². The summed E-state index contributed by atoms with van der Waals surface area (Å²) < 4.78 is 1.47. The number of nitrogens with two attached hydrogens (primary N) is 1. The lowest BCUT2D eigenvalue weighted by molar-refractivity contribution is -0.122. The summed E-state index contributed by atoms with van der Waals surface area (Å²) in [6.07, 6.45) is 3.88. The summed E-state index contributed by atoms with van der Waals surface area (Å²) in [5.41, 5.74) is 7.05. The van der Waals surface area contributed by atoms with Crippen LogP contribution in [0.3, 0.4) is 0 Å². The maximum atomic E-state index is 12.1. The van der Waals surface area contributed by atoms with Gasteiger partial charge in [0.1, 0.15) is 12.2 Å². The molecule has 1 fully saturated rings. The van der Waals surface area contributed by atoms with Crippen LogP contribution in [0.1, 0.15) is 30.1 Å². The van der Waals surface area contributed by atoms with Gasteiger partial charge in [0.15, 0.2) is 0 Å². The third-order valence-electron chi connectivity index (χ3n) is 4.10. The SMILES string of the molecule is CC(NC(=O)Cn1cc(C(N)=O)c(-c2ccccc2)n1)C1CC1. The standard InChI is InChI=1S/C17H20N4O2/c1-11(12-7-8-12)19-15(22)10-21-9-14(17(18)23)16(20-21)13-5-3-2-4-6-13/h2-6,9,11-12H,7-8,10H2,1H3,(H2,18,23)(H,19,22). The largest absolute Gasteiger partial charge is 0.365 e. The van der Waals surface area contributed by atoms with Crippen molar-refractivity contribution in [3.05, 3.63) is 42.1 Å². The summed E-state index contributed by atoms with van der Waals surface area (Å²) >= 11 is 0. The van der Waals surface area contributed by atoms with Crippen molar-refractivity contribution >= 4 is 11.8 Å². The Kier molecular flexibility index (Phi) is 4.14. The number of carbonyl (C=O) groups excluding carboxylic acids is 2. The molecule has 0 spiro atoms. The molecule has 2 aromatic rings. The molecule has 0 saturated heterocycles. The Labute approximate surface area is 134 Å². The monoisotopic (exact) mass is 312 g/mol. The highest BCUT2D eigenvalue weighted by Gasteiger charge is 2.29. The highest BCUT2D eigenvalue weighted by molar-refractivity contribution is 5.98. The van der Waals surface area contributed by atoms with Crippen LogP contribution in [0.2, 0.25) is 0 Å². The number of primary amides is 1. The Morgan fingerprint density at radius 3 is 2.65 bits per heavy atom. The maximum absolute atomic E-state index is 12.1. The van der Waals surface area contributed by atoms with Crippen LogP contribution in [0.4, 0.5) is 0 Å². The second kappa shape index (κ2) is 6.24. The van der Waals surface area contributed by atoms with E-state index >= 15 is 0 Å². The minimum absolute atomic E-state index is 0.0736. The minimum Gasteiger partial charge on any atom is -0.365 e. The molecule has 6 heteroatoms. The summed E-state index contributed by atoms with van der Waals surface area (Å²) in [4.78, 5) is 23.7. The molecule has 2 amide bonds. The number of nitrogens with one attached hydrogen (secondary N) is 1. The van der Waals surface area contributed by atoms with Crippen LogP contribution in [0.15, 0.2) is 36.5 Å². The molecule has 1 aliphatic rings. The molecule has 1 aromatic heterocycles. The van der Waals surface area contributed by atoms with E-state index in [1.165, 1.54) is 23.7 Å². The van der Waals surface area contributed by atoms with E-state index in [-0.39, 0.29) is 18.5 Å². The Balaban J connectivity index is 1.77. The van der Waals surface area contributed by atoms with Crippen molar-refractivity contribution in [1.29, 1.82) is 0 Å². The highest BCUT2D eigenvalue weighted by atomic mass is 16.2. The van der Waals surface area contributed by atoms with E-state index in [9.17, 15) is 9.59 Å². The van der Waals surface area contributed by atoms with E-state index in [1.54, 1.807) is 0 Å². The fourth-order valence-corrected chi connectivity index (χ4v) is 2.65. The van der Waals surface area contributed by atoms with Crippen LogP contribution in [-0.2, 0) is 11.3 Å². The summed E-state index contributed by atoms with van der Waals surface area (Å²) in [7, 11) is 0. The first-order chi connectivity index (χ1) is 11.0. The third-order valence-corrected chi connectivity index (χ3v) is 4.10. The molecular weight excluding hydrogens is 292 g/mol. The van der Waals surface area contributed by atoms with Crippen molar-refractivity contribution < 1.29 is 9.59 Å². The van der Waals surface area contributed by atoms with E-state index in [0.29, 0.717) is 17.2 Å². The van der Waals surface area contributed by atoms with Gasteiger partial charge in [0, 0.05) is 17.8 Å². The van der Waals surface area contributed by atoms with Gasteiger partial charge in [-0.05, 0) is 25.7 Å². The molecule has 0 radical (unpaired) electrons.